The Hall–Kier alpha value is -3.13. The molecule has 25 heavy (non-hydrogen) atoms. The van der Waals surface area contributed by atoms with Crippen molar-refractivity contribution in [2.24, 2.45) is 0 Å². The minimum Gasteiger partial charge on any atom is -0.504 e. The Balaban J connectivity index is 2.13. The lowest BCUT2D eigenvalue weighted by molar-refractivity contribution is 0.0208. The average Bonchev–Trinajstić information content (AvgIpc) is 2.60. The minimum atomic E-state index is -1.60. The second kappa shape index (κ2) is 6.06. The van der Waals surface area contributed by atoms with Gasteiger partial charge in [0.15, 0.2) is 35.2 Å². The van der Waals surface area contributed by atoms with Crippen molar-refractivity contribution in [1.29, 1.82) is 0 Å². The number of phenols is 3. The number of rotatable bonds is 3. The second-order valence-electron chi connectivity index (χ2n) is 5.43. The van der Waals surface area contributed by atoms with Gasteiger partial charge in [-0.2, -0.15) is 0 Å². The lowest BCUT2D eigenvalue weighted by Gasteiger charge is -2.31. The zero-order valence-corrected chi connectivity index (χ0v) is 13.4. The van der Waals surface area contributed by atoms with E-state index in [-0.39, 0.29) is 39.9 Å². The number of phenolic OH excluding ortho intramolecular Hbond substituents is 3. The molecular formula is C17H16O8. The van der Waals surface area contributed by atoms with E-state index in [1.54, 1.807) is 0 Å². The highest BCUT2D eigenvalue weighted by atomic mass is 16.5. The predicted octanol–water partition coefficient (Wildman–Crippen LogP) is 1.50. The van der Waals surface area contributed by atoms with Crippen LogP contribution in [-0.4, -0.2) is 46.5 Å². The minimum absolute atomic E-state index is 0.0343. The lowest BCUT2D eigenvalue weighted by Crippen LogP contribution is -2.36. The van der Waals surface area contributed by atoms with Crippen LogP contribution in [0.5, 0.6) is 34.5 Å². The van der Waals surface area contributed by atoms with Gasteiger partial charge in [-0.25, -0.2) is 0 Å². The maximum absolute atomic E-state index is 12.6. The van der Waals surface area contributed by atoms with Gasteiger partial charge >= 0.3 is 0 Å². The van der Waals surface area contributed by atoms with Gasteiger partial charge < -0.3 is 34.6 Å². The summed E-state index contributed by atoms with van der Waals surface area (Å²) < 4.78 is 15.8. The fraction of sp³-hybridized carbons (Fsp3) is 0.235. The summed E-state index contributed by atoms with van der Waals surface area (Å²) in [6, 6.07) is 5.13. The third kappa shape index (κ3) is 2.56. The highest BCUT2D eigenvalue weighted by molar-refractivity contribution is 6.06. The maximum Gasteiger partial charge on any atom is 0.203 e. The van der Waals surface area contributed by atoms with Gasteiger partial charge in [-0.1, -0.05) is 6.07 Å². The summed E-state index contributed by atoms with van der Waals surface area (Å²) in [4.78, 5) is 12.6. The smallest absolute Gasteiger partial charge is 0.203 e. The number of carbonyl (C=O) groups is 1. The van der Waals surface area contributed by atoms with Crippen LogP contribution in [0.3, 0.4) is 0 Å². The number of hydrogen-bond acceptors (Lipinski definition) is 8. The second-order valence-corrected chi connectivity index (χ2v) is 5.43. The average molecular weight is 348 g/mol. The topological polar surface area (TPSA) is 126 Å². The Labute approximate surface area is 142 Å². The number of benzene rings is 2. The van der Waals surface area contributed by atoms with Gasteiger partial charge in [-0.05, 0) is 17.7 Å². The van der Waals surface area contributed by atoms with Crippen LogP contribution in [0.25, 0.3) is 0 Å². The van der Waals surface area contributed by atoms with Crippen molar-refractivity contribution < 1.29 is 39.4 Å². The molecule has 0 saturated carbocycles. The van der Waals surface area contributed by atoms with Crippen molar-refractivity contribution in [2.75, 3.05) is 14.2 Å². The standard InChI is InChI=1S/C17H16O8/c1-23-11-6-10-12(17(24-2)13(11)20)14(21)15(22)16(25-10)7-3-4-8(18)9(19)5-7/h3-6,15-16,18-20,22H,1-2H3. The molecular weight excluding hydrogens is 332 g/mol. The number of methoxy groups -OCH3 is 2. The van der Waals surface area contributed by atoms with Gasteiger partial charge in [-0.15, -0.1) is 0 Å². The molecule has 0 aromatic heterocycles. The largest absolute Gasteiger partial charge is 0.504 e. The van der Waals surface area contributed by atoms with Crippen LogP contribution in [0.4, 0.5) is 0 Å². The van der Waals surface area contributed by atoms with Crippen molar-refractivity contribution in [3.63, 3.8) is 0 Å². The first kappa shape index (κ1) is 16.7. The van der Waals surface area contributed by atoms with E-state index in [1.807, 2.05) is 0 Å². The number of ketones is 1. The van der Waals surface area contributed by atoms with Gasteiger partial charge in [0.25, 0.3) is 0 Å². The van der Waals surface area contributed by atoms with E-state index in [9.17, 15) is 25.2 Å². The molecule has 1 aliphatic heterocycles. The first-order valence-electron chi connectivity index (χ1n) is 7.27. The molecule has 8 heteroatoms. The predicted molar refractivity (Wildman–Crippen MR) is 84.7 cm³/mol. The molecule has 0 aliphatic carbocycles. The molecule has 2 aromatic carbocycles. The van der Waals surface area contributed by atoms with Gasteiger partial charge in [0.1, 0.15) is 11.3 Å². The fourth-order valence-electron chi connectivity index (χ4n) is 2.74. The van der Waals surface area contributed by atoms with Crippen molar-refractivity contribution in [1.82, 2.24) is 0 Å². The van der Waals surface area contributed by atoms with Crippen molar-refractivity contribution in [3.05, 3.63) is 35.4 Å². The summed E-state index contributed by atoms with van der Waals surface area (Å²) in [7, 11) is 2.59. The summed E-state index contributed by atoms with van der Waals surface area (Å²) >= 11 is 0. The number of hydrogen-bond donors (Lipinski definition) is 4. The number of fused-ring (bicyclic) bond motifs is 1. The number of Topliss-reactive ketones (excluding diaryl/α,β-unsaturated/α-hetero) is 1. The Kier molecular flexibility index (Phi) is 4.05. The number of aliphatic hydroxyl groups excluding tert-OH is 1. The molecule has 1 heterocycles. The molecule has 2 atom stereocenters. The van der Waals surface area contributed by atoms with Gasteiger partial charge in [0, 0.05) is 6.07 Å². The maximum atomic E-state index is 12.6. The van der Waals surface area contributed by atoms with Crippen LogP contribution in [0, 0.1) is 0 Å². The third-order valence-corrected chi connectivity index (χ3v) is 3.99. The molecule has 1 aliphatic rings. The van der Waals surface area contributed by atoms with Crippen LogP contribution in [0.1, 0.15) is 22.0 Å². The Bertz CT molecular complexity index is 845. The molecule has 132 valence electrons. The van der Waals surface area contributed by atoms with Crippen LogP contribution in [0.15, 0.2) is 24.3 Å². The Morgan fingerprint density at radius 2 is 1.76 bits per heavy atom. The summed E-state index contributed by atoms with van der Waals surface area (Å²) in [6.45, 7) is 0. The Morgan fingerprint density at radius 3 is 2.36 bits per heavy atom. The molecule has 2 unspecified atom stereocenters. The normalized spacial score (nSPS) is 19.1. The molecule has 0 fully saturated rings. The van der Waals surface area contributed by atoms with Crippen molar-refractivity contribution in [3.8, 4) is 34.5 Å². The number of aliphatic hydroxyl groups is 1. The highest BCUT2D eigenvalue weighted by Gasteiger charge is 2.41. The van der Waals surface area contributed by atoms with Gasteiger partial charge in [0.2, 0.25) is 11.5 Å². The molecule has 0 bridgehead atoms. The molecule has 3 rings (SSSR count). The molecule has 8 nitrogen and oxygen atoms in total. The monoisotopic (exact) mass is 348 g/mol. The molecule has 2 aromatic rings. The summed E-state index contributed by atoms with van der Waals surface area (Å²) in [5.41, 5.74) is 0.181. The SMILES string of the molecule is COc1cc2c(c(OC)c1O)C(=O)C(O)C(c1ccc(O)c(O)c1)O2. The van der Waals surface area contributed by atoms with Crippen molar-refractivity contribution in [2.45, 2.75) is 12.2 Å². The fourth-order valence-corrected chi connectivity index (χ4v) is 2.74. The van der Waals surface area contributed by atoms with E-state index < -0.39 is 23.7 Å². The van der Waals surface area contributed by atoms with E-state index in [2.05, 4.69) is 0 Å². The number of carbonyl (C=O) groups excluding carboxylic acids is 1. The molecule has 0 amide bonds. The van der Waals surface area contributed by atoms with E-state index >= 15 is 0 Å². The molecule has 0 radical (unpaired) electrons. The molecule has 4 N–H and O–H groups in total. The van der Waals surface area contributed by atoms with Crippen LogP contribution in [-0.2, 0) is 0 Å². The van der Waals surface area contributed by atoms with Crippen LogP contribution < -0.4 is 14.2 Å². The summed E-state index contributed by atoms with van der Waals surface area (Å²) in [6.07, 6.45) is -2.72. The summed E-state index contributed by atoms with van der Waals surface area (Å²) in [5, 5.41) is 39.5. The lowest BCUT2D eigenvalue weighted by atomic mass is 9.92. The quantitative estimate of drug-likeness (QED) is 0.615. The summed E-state index contributed by atoms with van der Waals surface area (Å²) in [5.74, 6) is -1.92. The van der Waals surface area contributed by atoms with E-state index in [0.717, 1.165) is 0 Å². The van der Waals surface area contributed by atoms with E-state index in [0.29, 0.717) is 0 Å². The van der Waals surface area contributed by atoms with Gasteiger partial charge in [0.05, 0.1) is 14.2 Å². The first-order chi connectivity index (χ1) is 11.9. The van der Waals surface area contributed by atoms with E-state index in [4.69, 9.17) is 14.2 Å². The molecule has 0 saturated heterocycles. The van der Waals surface area contributed by atoms with Crippen LogP contribution >= 0.6 is 0 Å². The van der Waals surface area contributed by atoms with Gasteiger partial charge in [-0.3, -0.25) is 4.79 Å². The first-order valence-corrected chi connectivity index (χ1v) is 7.27. The van der Waals surface area contributed by atoms with Crippen molar-refractivity contribution >= 4 is 5.78 Å². The van der Waals surface area contributed by atoms with Crippen LogP contribution in [0.2, 0.25) is 0 Å². The number of ether oxygens (including phenoxy) is 3. The molecule has 0 spiro atoms. The highest BCUT2D eigenvalue weighted by Crippen LogP contribution is 2.49. The zero-order valence-electron chi connectivity index (χ0n) is 13.4. The zero-order chi connectivity index (χ0) is 18.3. The third-order valence-electron chi connectivity index (χ3n) is 3.99. The Morgan fingerprint density at radius 1 is 1.04 bits per heavy atom. The number of aromatic hydroxyl groups is 3. The van der Waals surface area contributed by atoms with E-state index in [1.165, 1.54) is 38.5 Å².